The van der Waals surface area contributed by atoms with Gasteiger partial charge in [0.15, 0.2) is 0 Å². The van der Waals surface area contributed by atoms with E-state index in [-0.39, 0.29) is 12.3 Å². The van der Waals surface area contributed by atoms with E-state index in [9.17, 15) is 9.59 Å². The number of amides is 1. The standard InChI is InChI=1S/C17H15NO3/c19-16(20)11-12-6-7-15-14(10-12)8-9-18(15)17(21)13-4-2-1-3-5-13/h1-7,10H,8-9,11H2,(H,19,20). The Labute approximate surface area is 122 Å². The van der Waals surface area contributed by atoms with E-state index in [1.165, 1.54) is 0 Å². The monoisotopic (exact) mass is 281 g/mol. The van der Waals surface area contributed by atoms with Gasteiger partial charge in [-0.2, -0.15) is 0 Å². The largest absolute Gasteiger partial charge is 0.481 e. The molecule has 1 aliphatic heterocycles. The van der Waals surface area contributed by atoms with Crippen molar-refractivity contribution in [3.05, 3.63) is 65.2 Å². The smallest absolute Gasteiger partial charge is 0.307 e. The molecule has 4 heteroatoms. The molecule has 21 heavy (non-hydrogen) atoms. The van der Waals surface area contributed by atoms with Crippen LogP contribution in [0.2, 0.25) is 0 Å². The molecular weight excluding hydrogens is 266 g/mol. The van der Waals surface area contributed by atoms with E-state index >= 15 is 0 Å². The maximum absolute atomic E-state index is 12.5. The number of anilines is 1. The molecule has 0 atom stereocenters. The van der Waals surface area contributed by atoms with Gasteiger partial charge >= 0.3 is 5.97 Å². The van der Waals surface area contributed by atoms with Gasteiger partial charge in [0.05, 0.1) is 6.42 Å². The lowest BCUT2D eigenvalue weighted by molar-refractivity contribution is -0.136. The topological polar surface area (TPSA) is 57.6 Å². The number of benzene rings is 2. The summed E-state index contributed by atoms with van der Waals surface area (Å²) in [5, 5.41) is 8.84. The molecule has 1 aliphatic rings. The van der Waals surface area contributed by atoms with Crippen LogP contribution in [0.25, 0.3) is 0 Å². The van der Waals surface area contributed by atoms with Gasteiger partial charge in [-0.1, -0.05) is 30.3 Å². The molecule has 2 aromatic rings. The van der Waals surface area contributed by atoms with E-state index in [1.54, 1.807) is 23.1 Å². The van der Waals surface area contributed by atoms with Gasteiger partial charge in [0.25, 0.3) is 5.91 Å². The molecule has 0 spiro atoms. The van der Waals surface area contributed by atoms with Crippen molar-refractivity contribution in [2.45, 2.75) is 12.8 Å². The van der Waals surface area contributed by atoms with Crippen LogP contribution in [0.4, 0.5) is 5.69 Å². The van der Waals surface area contributed by atoms with Crippen molar-refractivity contribution in [2.75, 3.05) is 11.4 Å². The molecule has 0 aliphatic carbocycles. The Morgan fingerprint density at radius 1 is 1.10 bits per heavy atom. The third kappa shape index (κ3) is 2.65. The predicted molar refractivity (Wildman–Crippen MR) is 79.6 cm³/mol. The highest BCUT2D eigenvalue weighted by Gasteiger charge is 2.25. The van der Waals surface area contributed by atoms with E-state index in [0.29, 0.717) is 12.1 Å². The number of fused-ring (bicyclic) bond motifs is 1. The van der Waals surface area contributed by atoms with E-state index in [4.69, 9.17) is 5.11 Å². The summed E-state index contributed by atoms with van der Waals surface area (Å²) >= 11 is 0. The third-order valence-corrected chi connectivity index (χ3v) is 3.66. The maximum atomic E-state index is 12.5. The van der Waals surface area contributed by atoms with Crippen molar-refractivity contribution >= 4 is 17.6 Å². The Balaban J connectivity index is 1.87. The van der Waals surface area contributed by atoms with Crippen LogP contribution >= 0.6 is 0 Å². The lowest BCUT2D eigenvalue weighted by atomic mass is 10.1. The molecule has 2 aromatic carbocycles. The molecule has 0 radical (unpaired) electrons. The summed E-state index contributed by atoms with van der Waals surface area (Å²) in [6.45, 7) is 0.638. The number of aliphatic carboxylic acids is 1. The van der Waals surface area contributed by atoms with E-state index in [1.807, 2.05) is 30.3 Å². The van der Waals surface area contributed by atoms with E-state index in [2.05, 4.69) is 0 Å². The molecule has 0 saturated carbocycles. The molecule has 0 saturated heterocycles. The normalized spacial score (nSPS) is 13.0. The van der Waals surface area contributed by atoms with Crippen LogP contribution in [-0.2, 0) is 17.6 Å². The first-order chi connectivity index (χ1) is 10.1. The number of rotatable bonds is 3. The van der Waals surface area contributed by atoms with Crippen molar-refractivity contribution in [2.24, 2.45) is 0 Å². The van der Waals surface area contributed by atoms with Gasteiger partial charge < -0.3 is 10.0 Å². The summed E-state index contributed by atoms with van der Waals surface area (Å²) in [5.41, 5.74) is 3.37. The molecule has 0 unspecified atom stereocenters. The second kappa shape index (κ2) is 5.40. The van der Waals surface area contributed by atoms with Crippen LogP contribution in [0, 0.1) is 0 Å². The van der Waals surface area contributed by atoms with Crippen LogP contribution in [0.15, 0.2) is 48.5 Å². The second-order valence-electron chi connectivity index (χ2n) is 5.11. The van der Waals surface area contributed by atoms with Crippen LogP contribution in [0.1, 0.15) is 21.5 Å². The summed E-state index contributed by atoms with van der Waals surface area (Å²) < 4.78 is 0. The molecule has 3 rings (SSSR count). The van der Waals surface area contributed by atoms with Gasteiger partial charge in [-0.15, -0.1) is 0 Å². The molecule has 0 fully saturated rings. The number of nitrogens with zero attached hydrogens (tertiary/aromatic N) is 1. The number of carboxylic acids is 1. The van der Waals surface area contributed by atoms with Gasteiger partial charge in [-0.3, -0.25) is 9.59 Å². The minimum absolute atomic E-state index is 0.0136. The molecule has 0 bridgehead atoms. The fourth-order valence-corrected chi connectivity index (χ4v) is 2.69. The highest BCUT2D eigenvalue weighted by Crippen LogP contribution is 2.30. The minimum atomic E-state index is -0.842. The maximum Gasteiger partial charge on any atom is 0.307 e. The zero-order chi connectivity index (χ0) is 14.8. The van der Waals surface area contributed by atoms with Gasteiger partial charge in [-0.25, -0.2) is 0 Å². The Kier molecular flexibility index (Phi) is 3.44. The van der Waals surface area contributed by atoms with Gasteiger partial charge in [0.1, 0.15) is 0 Å². The zero-order valence-corrected chi connectivity index (χ0v) is 11.5. The summed E-state index contributed by atoms with van der Waals surface area (Å²) in [5.74, 6) is -0.856. The van der Waals surface area contributed by atoms with Crippen LogP contribution < -0.4 is 4.90 Å². The first kappa shape index (κ1) is 13.4. The molecular formula is C17H15NO3. The summed E-state index contributed by atoms with van der Waals surface area (Å²) in [7, 11) is 0. The first-order valence-electron chi connectivity index (χ1n) is 6.85. The fraction of sp³-hybridized carbons (Fsp3) is 0.176. The number of carboxylic acid groups (broad SMARTS) is 1. The fourth-order valence-electron chi connectivity index (χ4n) is 2.69. The zero-order valence-electron chi connectivity index (χ0n) is 11.5. The summed E-state index contributed by atoms with van der Waals surface area (Å²) in [6.07, 6.45) is 0.779. The lowest BCUT2D eigenvalue weighted by Gasteiger charge is -2.17. The highest BCUT2D eigenvalue weighted by molar-refractivity contribution is 6.07. The molecule has 106 valence electrons. The van der Waals surface area contributed by atoms with Crippen molar-refractivity contribution in [3.63, 3.8) is 0 Å². The predicted octanol–water partition coefficient (Wildman–Crippen LogP) is 2.52. The Hall–Kier alpha value is -2.62. The second-order valence-corrected chi connectivity index (χ2v) is 5.11. The van der Waals surface area contributed by atoms with Gasteiger partial charge in [0.2, 0.25) is 0 Å². The molecule has 1 heterocycles. The third-order valence-electron chi connectivity index (χ3n) is 3.66. The van der Waals surface area contributed by atoms with Gasteiger partial charge in [-0.05, 0) is 35.7 Å². The number of carbonyl (C=O) groups is 2. The summed E-state index contributed by atoms with van der Waals surface area (Å²) in [4.78, 5) is 25.0. The van der Waals surface area contributed by atoms with E-state index in [0.717, 1.165) is 23.2 Å². The lowest BCUT2D eigenvalue weighted by Crippen LogP contribution is -2.28. The number of carbonyl (C=O) groups excluding carboxylic acids is 1. The Bertz CT molecular complexity index is 694. The Morgan fingerprint density at radius 3 is 2.57 bits per heavy atom. The average Bonchev–Trinajstić information content (AvgIpc) is 2.90. The number of hydrogen-bond donors (Lipinski definition) is 1. The van der Waals surface area contributed by atoms with Crippen molar-refractivity contribution in [1.29, 1.82) is 0 Å². The van der Waals surface area contributed by atoms with Crippen LogP contribution in [-0.4, -0.2) is 23.5 Å². The SMILES string of the molecule is O=C(O)Cc1ccc2c(c1)CCN2C(=O)c1ccccc1. The van der Waals surface area contributed by atoms with Crippen molar-refractivity contribution < 1.29 is 14.7 Å². The molecule has 0 aromatic heterocycles. The van der Waals surface area contributed by atoms with Gasteiger partial charge in [0, 0.05) is 17.8 Å². The molecule has 1 N–H and O–H groups in total. The van der Waals surface area contributed by atoms with Crippen LogP contribution in [0.5, 0.6) is 0 Å². The quantitative estimate of drug-likeness (QED) is 0.940. The minimum Gasteiger partial charge on any atom is -0.481 e. The van der Waals surface area contributed by atoms with E-state index < -0.39 is 5.97 Å². The highest BCUT2D eigenvalue weighted by atomic mass is 16.4. The molecule has 1 amide bonds. The average molecular weight is 281 g/mol. The Morgan fingerprint density at radius 2 is 1.86 bits per heavy atom. The van der Waals surface area contributed by atoms with Crippen molar-refractivity contribution in [1.82, 2.24) is 0 Å². The first-order valence-corrected chi connectivity index (χ1v) is 6.85. The van der Waals surface area contributed by atoms with Crippen molar-refractivity contribution in [3.8, 4) is 0 Å². The molecule has 4 nitrogen and oxygen atoms in total. The number of hydrogen-bond acceptors (Lipinski definition) is 2. The van der Waals surface area contributed by atoms with Crippen LogP contribution in [0.3, 0.4) is 0 Å². The summed E-state index contributed by atoms with van der Waals surface area (Å²) in [6, 6.07) is 14.7.